The molecule has 0 atom stereocenters. The average molecular weight is 373 g/mol. The summed E-state index contributed by atoms with van der Waals surface area (Å²) in [7, 11) is 0. The topological polar surface area (TPSA) is 35.9 Å². The van der Waals surface area contributed by atoms with Crippen molar-refractivity contribution in [2.75, 3.05) is 0 Å². The zero-order valence-corrected chi connectivity index (χ0v) is 17.9. The van der Waals surface area contributed by atoms with E-state index in [1.165, 1.54) is 95.5 Å². The molecule has 0 aliphatic heterocycles. The van der Waals surface area contributed by atoms with E-state index in [-0.39, 0.29) is 0 Å². The van der Waals surface area contributed by atoms with Gasteiger partial charge in [-0.1, -0.05) is 127 Å². The summed E-state index contributed by atoms with van der Waals surface area (Å²) in [5.74, 6) is 0.688. The zero-order valence-electron chi connectivity index (χ0n) is 17.9. The summed E-state index contributed by atoms with van der Waals surface area (Å²) >= 11 is 0. The Balaban J connectivity index is 1.77. The minimum Gasteiger partial charge on any atom is -0.370 e. The van der Waals surface area contributed by atoms with Crippen molar-refractivity contribution in [2.24, 2.45) is 0 Å². The number of unbranched alkanes of at least 4 members (excludes halogenated alkanes) is 14. The largest absolute Gasteiger partial charge is 0.370 e. The van der Waals surface area contributed by atoms with Crippen LogP contribution in [0, 0.1) is 5.41 Å². The minimum atomic E-state index is 0.688. The predicted octanol–water partition coefficient (Wildman–Crippen LogP) is 8.01. The number of rotatable bonds is 18. The van der Waals surface area contributed by atoms with Crippen molar-refractivity contribution in [3.63, 3.8) is 0 Å². The molecule has 0 aliphatic carbocycles. The van der Waals surface area contributed by atoms with Gasteiger partial charge in [0.25, 0.3) is 0 Å². The van der Waals surface area contributed by atoms with E-state index >= 15 is 0 Å². The smallest absolute Gasteiger partial charge is 0.0934 e. The minimum absolute atomic E-state index is 0.688. The number of amidine groups is 1. The summed E-state index contributed by atoms with van der Waals surface area (Å²) in [6.07, 6.45) is 21.8. The Kier molecular flexibility index (Phi) is 15.9. The highest BCUT2D eigenvalue weighted by Crippen LogP contribution is 2.13. The van der Waals surface area contributed by atoms with Crippen LogP contribution in [-0.2, 0) is 6.54 Å². The molecule has 0 aliphatic rings. The SMILES string of the molecule is CCCCCCCCCCCCCCCCCC(=N)NCc1ccccc1. The van der Waals surface area contributed by atoms with Crippen molar-refractivity contribution in [1.82, 2.24) is 5.32 Å². The second-order valence-corrected chi connectivity index (χ2v) is 8.02. The molecule has 2 N–H and O–H groups in total. The summed E-state index contributed by atoms with van der Waals surface area (Å²) in [6, 6.07) is 10.3. The quantitative estimate of drug-likeness (QED) is 0.153. The third-order valence-corrected chi connectivity index (χ3v) is 5.38. The highest BCUT2D eigenvalue weighted by Gasteiger charge is 1.98. The summed E-state index contributed by atoms with van der Waals surface area (Å²) in [4.78, 5) is 0. The Hall–Kier alpha value is -1.31. The van der Waals surface area contributed by atoms with Gasteiger partial charge in [0.05, 0.1) is 5.84 Å². The van der Waals surface area contributed by atoms with Crippen LogP contribution < -0.4 is 5.32 Å². The molecule has 0 fully saturated rings. The highest BCUT2D eigenvalue weighted by molar-refractivity contribution is 5.78. The van der Waals surface area contributed by atoms with Crippen LogP contribution in [0.3, 0.4) is 0 Å². The number of hydrogen-bond acceptors (Lipinski definition) is 1. The summed E-state index contributed by atoms with van der Waals surface area (Å²) < 4.78 is 0. The van der Waals surface area contributed by atoms with Gasteiger partial charge in [0.2, 0.25) is 0 Å². The van der Waals surface area contributed by atoms with Crippen LogP contribution in [0.25, 0.3) is 0 Å². The van der Waals surface area contributed by atoms with Crippen molar-refractivity contribution >= 4 is 5.84 Å². The Bertz CT molecular complexity index is 441. The molecule has 1 aromatic carbocycles. The van der Waals surface area contributed by atoms with Gasteiger partial charge in [0.1, 0.15) is 0 Å². The molecule has 1 aromatic rings. The van der Waals surface area contributed by atoms with Crippen LogP contribution in [0.1, 0.15) is 115 Å². The van der Waals surface area contributed by atoms with Gasteiger partial charge >= 0.3 is 0 Å². The first kappa shape index (κ1) is 23.7. The molecule has 0 unspecified atom stereocenters. The monoisotopic (exact) mass is 372 g/mol. The Morgan fingerprint density at radius 3 is 1.59 bits per heavy atom. The van der Waals surface area contributed by atoms with E-state index in [1.807, 2.05) is 6.07 Å². The van der Waals surface area contributed by atoms with Crippen molar-refractivity contribution < 1.29 is 0 Å². The summed E-state index contributed by atoms with van der Waals surface area (Å²) in [6.45, 7) is 3.06. The fourth-order valence-corrected chi connectivity index (χ4v) is 3.57. The molecule has 0 bridgehead atoms. The van der Waals surface area contributed by atoms with E-state index in [4.69, 9.17) is 5.41 Å². The third kappa shape index (κ3) is 15.4. The number of nitrogens with one attached hydrogen (secondary N) is 2. The molecular weight excluding hydrogens is 328 g/mol. The molecule has 0 aromatic heterocycles. The molecule has 154 valence electrons. The van der Waals surface area contributed by atoms with Gasteiger partial charge in [-0.3, -0.25) is 5.41 Å². The van der Waals surface area contributed by atoms with Gasteiger partial charge in [-0.2, -0.15) is 0 Å². The molecular formula is C25H44N2. The molecule has 0 amide bonds. The molecule has 0 spiro atoms. The Morgan fingerprint density at radius 2 is 1.11 bits per heavy atom. The van der Waals surface area contributed by atoms with Gasteiger partial charge < -0.3 is 5.32 Å². The maximum atomic E-state index is 8.00. The summed E-state index contributed by atoms with van der Waals surface area (Å²) in [5.41, 5.74) is 1.25. The molecule has 27 heavy (non-hydrogen) atoms. The van der Waals surface area contributed by atoms with E-state index in [0.29, 0.717) is 5.84 Å². The lowest BCUT2D eigenvalue weighted by Gasteiger charge is -2.08. The van der Waals surface area contributed by atoms with E-state index in [2.05, 4.69) is 36.5 Å². The van der Waals surface area contributed by atoms with E-state index in [9.17, 15) is 0 Å². The van der Waals surface area contributed by atoms with E-state index in [0.717, 1.165) is 19.4 Å². The predicted molar refractivity (Wildman–Crippen MR) is 121 cm³/mol. The van der Waals surface area contributed by atoms with Crippen molar-refractivity contribution in [1.29, 1.82) is 5.41 Å². The zero-order chi connectivity index (χ0) is 19.4. The first-order valence-electron chi connectivity index (χ1n) is 11.7. The molecule has 2 heteroatoms. The number of benzene rings is 1. The van der Waals surface area contributed by atoms with Crippen LogP contribution in [-0.4, -0.2) is 5.84 Å². The standard InChI is InChI=1S/C25H44N2/c1-2-3-4-5-6-7-8-9-10-11-12-13-14-15-19-22-25(26)27-23-24-20-17-16-18-21-24/h16-18,20-21H,2-15,19,22-23H2,1H3,(H2,26,27). The first-order chi connectivity index (χ1) is 13.3. The summed E-state index contributed by atoms with van der Waals surface area (Å²) in [5, 5.41) is 11.2. The lowest BCUT2D eigenvalue weighted by molar-refractivity contribution is 0.533. The maximum absolute atomic E-state index is 8.00. The second-order valence-electron chi connectivity index (χ2n) is 8.02. The van der Waals surface area contributed by atoms with E-state index < -0.39 is 0 Å². The first-order valence-corrected chi connectivity index (χ1v) is 11.7. The van der Waals surface area contributed by atoms with Gasteiger partial charge in [0, 0.05) is 13.0 Å². The van der Waals surface area contributed by atoms with Gasteiger partial charge in [0.15, 0.2) is 0 Å². The van der Waals surface area contributed by atoms with Crippen LogP contribution in [0.15, 0.2) is 30.3 Å². The van der Waals surface area contributed by atoms with Crippen LogP contribution in [0.5, 0.6) is 0 Å². The molecule has 2 nitrogen and oxygen atoms in total. The lowest BCUT2D eigenvalue weighted by Crippen LogP contribution is -2.21. The average Bonchev–Trinajstić information content (AvgIpc) is 2.70. The fraction of sp³-hybridized carbons (Fsp3) is 0.720. The number of hydrogen-bond donors (Lipinski definition) is 2. The normalized spacial score (nSPS) is 10.9. The van der Waals surface area contributed by atoms with Crippen LogP contribution >= 0.6 is 0 Å². The Labute approximate surface area is 169 Å². The molecule has 0 saturated heterocycles. The van der Waals surface area contributed by atoms with Crippen LogP contribution in [0.4, 0.5) is 0 Å². The lowest BCUT2D eigenvalue weighted by atomic mass is 10.0. The molecule has 0 heterocycles. The molecule has 0 saturated carbocycles. The fourth-order valence-electron chi connectivity index (χ4n) is 3.57. The van der Waals surface area contributed by atoms with Crippen molar-refractivity contribution in [2.45, 2.75) is 116 Å². The maximum Gasteiger partial charge on any atom is 0.0934 e. The van der Waals surface area contributed by atoms with Crippen molar-refractivity contribution in [3.8, 4) is 0 Å². The van der Waals surface area contributed by atoms with Gasteiger partial charge in [-0.05, 0) is 12.0 Å². The Morgan fingerprint density at radius 1 is 0.667 bits per heavy atom. The molecule has 0 radical (unpaired) electrons. The van der Waals surface area contributed by atoms with Gasteiger partial charge in [-0.25, -0.2) is 0 Å². The van der Waals surface area contributed by atoms with Crippen molar-refractivity contribution in [3.05, 3.63) is 35.9 Å². The van der Waals surface area contributed by atoms with E-state index in [1.54, 1.807) is 0 Å². The van der Waals surface area contributed by atoms with Crippen LogP contribution in [0.2, 0.25) is 0 Å². The third-order valence-electron chi connectivity index (χ3n) is 5.38. The molecule has 1 rings (SSSR count). The second kappa shape index (κ2) is 18.1. The highest BCUT2D eigenvalue weighted by atomic mass is 14.9. The van der Waals surface area contributed by atoms with Gasteiger partial charge in [-0.15, -0.1) is 0 Å².